The van der Waals surface area contributed by atoms with Crippen molar-refractivity contribution in [2.24, 2.45) is 7.05 Å². The Labute approximate surface area is 346 Å². The molecule has 2 N–H and O–H groups in total. The highest BCUT2D eigenvalue weighted by Gasteiger charge is 2.31. The van der Waals surface area contributed by atoms with Crippen molar-refractivity contribution in [3.05, 3.63) is 106 Å². The molecule has 2 amide bonds. The van der Waals surface area contributed by atoms with E-state index in [4.69, 9.17) is 16.6 Å². The van der Waals surface area contributed by atoms with Gasteiger partial charge in [-0.25, -0.2) is 14.2 Å². The number of nitrogens with zero attached hydrogens (tertiary/aromatic N) is 7. The number of halogens is 2. The van der Waals surface area contributed by atoms with Crippen LogP contribution in [0.5, 0.6) is 0 Å². The second kappa shape index (κ2) is 16.4. The molecule has 2 saturated heterocycles. The van der Waals surface area contributed by atoms with Gasteiger partial charge in [-0.1, -0.05) is 67.0 Å². The number of imidazole rings is 1. The number of rotatable bonds is 8. The zero-order valence-electron chi connectivity index (χ0n) is 32.9. The van der Waals surface area contributed by atoms with Crippen LogP contribution in [0, 0.1) is 17.7 Å². The minimum Gasteiger partial charge on any atom is -0.329 e. The maximum Gasteiger partial charge on any atom is 0.329 e. The number of hydrogen-bond acceptors (Lipinski definition) is 8. The summed E-state index contributed by atoms with van der Waals surface area (Å²) in [5.41, 5.74) is 6.70. The van der Waals surface area contributed by atoms with Crippen LogP contribution in [0.25, 0.3) is 33.2 Å². The van der Waals surface area contributed by atoms with Gasteiger partial charge in [-0.05, 0) is 66.8 Å². The normalized spacial score (nSPS) is 18.3. The van der Waals surface area contributed by atoms with E-state index in [0.29, 0.717) is 46.7 Å². The van der Waals surface area contributed by atoms with Crippen LogP contribution >= 0.6 is 11.6 Å². The molecule has 3 fully saturated rings. The zero-order chi connectivity index (χ0) is 40.6. The monoisotopic (exact) mass is 813 g/mol. The van der Waals surface area contributed by atoms with Gasteiger partial charge in [-0.3, -0.25) is 33.8 Å². The van der Waals surface area contributed by atoms with Gasteiger partial charge >= 0.3 is 5.69 Å². The molecule has 14 heteroatoms. The van der Waals surface area contributed by atoms with Crippen molar-refractivity contribution in [3.63, 3.8) is 0 Å². The summed E-state index contributed by atoms with van der Waals surface area (Å²) in [6, 6.07) is 18.4. The summed E-state index contributed by atoms with van der Waals surface area (Å²) in [6.45, 7) is 5.22. The first kappa shape index (κ1) is 38.7. The number of carbonyl (C=O) groups is 2. The molecule has 2 aliphatic heterocycles. The lowest BCUT2D eigenvalue weighted by molar-refractivity contribution is -0.135. The lowest BCUT2D eigenvalue weighted by Crippen LogP contribution is -2.45. The molecular weight excluding hydrogens is 769 g/mol. The maximum absolute atomic E-state index is 14.1. The number of aryl methyl sites for hydroxylation is 1. The van der Waals surface area contributed by atoms with Crippen molar-refractivity contribution >= 4 is 57.1 Å². The fraction of sp³-hybridized carbons (Fsp3) is 0.356. The molecule has 1 saturated carbocycles. The van der Waals surface area contributed by atoms with Crippen molar-refractivity contribution < 1.29 is 14.0 Å². The number of nitrogens with one attached hydrogen (secondary N) is 2. The zero-order valence-corrected chi connectivity index (χ0v) is 33.6. The first-order valence-electron chi connectivity index (χ1n) is 20.3. The number of anilines is 2. The van der Waals surface area contributed by atoms with Crippen LogP contribution < -0.4 is 16.3 Å². The molecule has 1 unspecified atom stereocenters. The number of fused-ring (bicyclic) bond motifs is 2. The molecule has 0 bridgehead atoms. The number of carbonyl (C=O) groups excluding carboxylic acids is 2. The highest BCUT2D eigenvalue weighted by atomic mass is 35.5. The second-order valence-electron chi connectivity index (χ2n) is 15.9. The van der Waals surface area contributed by atoms with E-state index in [2.05, 4.69) is 72.3 Å². The number of hydrogen-bond donors (Lipinski definition) is 2. The van der Waals surface area contributed by atoms with Gasteiger partial charge in [-0.15, -0.1) is 0 Å². The molecule has 0 radical (unpaired) electrons. The van der Waals surface area contributed by atoms with Gasteiger partial charge < -0.3 is 9.88 Å². The van der Waals surface area contributed by atoms with Crippen molar-refractivity contribution in [1.29, 1.82) is 0 Å². The van der Waals surface area contributed by atoms with E-state index in [-0.39, 0.29) is 18.0 Å². The van der Waals surface area contributed by atoms with E-state index in [0.717, 1.165) is 73.3 Å². The van der Waals surface area contributed by atoms with Gasteiger partial charge in [0.25, 0.3) is 0 Å². The Morgan fingerprint density at radius 2 is 1.69 bits per heavy atom. The molecular formula is C45H45ClFN9O3. The average Bonchev–Trinajstić information content (AvgIpc) is 3.72. The third-order valence-corrected chi connectivity index (χ3v) is 12.2. The van der Waals surface area contributed by atoms with Gasteiger partial charge in [0.2, 0.25) is 17.8 Å². The Hall–Kier alpha value is -5.81. The largest absolute Gasteiger partial charge is 0.329 e. The summed E-state index contributed by atoms with van der Waals surface area (Å²) in [4.78, 5) is 51.7. The first-order chi connectivity index (χ1) is 28.7. The molecule has 3 aliphatic rings. The number of piperazine rings is 1. The Bertz CT molecular complexity index is 2680. The molecule has 9 rings (SSSR count). The third kappa shape index (κ3) is 8.13. The molecule has 302 valence electrons. The van der Waals surface area contributed by atoms with Crippen LogP contribution in [0.1, 0.15) is 68.2 Å². The van der Waals surface area contributed by atoms with E-state index >= 15 is 0 Å². The summed E-state index contributed by atoms with van der Waals surface area (Å²) in [5, 5.41) is 6.79. The summed E-state index contributed by atoms with van der Waals surface area (Å²) >= 11 is 6.10. The fourth-order valence-corrected chi connectivity index (χ4v) is 9.01. The fourth-order valence-electron chi connectivity index (χ4n) is 8.79. The van der Waals surface area contributed by atoms with Crippen LogP contribution in [-0.4, -0.2) is 78.0 Å². The lowest BCUT2D eigenvalue weighted by Gasteiger charge is -2.33. The highest BCUT2D eigenvalue weighted by molar-refractivity contribution is 6.30. The number of benzene rings is 3. The van der Waals surface area contributed by atoms with E-state index in [1.54, 1.807) is 13.1 Å². The van der Waals surface area contributed by atoms with Gasteiger partial charge in [-0.2, -0.15) is 4.98 Å². The van der Waals surface area contributed by atoms with Crippen LogP contribution in [0.2, 0.25) is 5.02 Å². The summed E-state index contributed by atoms with van der Waals surface area (Å²) in [6.07, 6.45) is 10.5. The Kier molecular flexibility index (Phi) is 10.8. The molecule has 3 aromatic heterocycles. The quantitative estimate of drug-likeness (QED) is 0.125. The molecule has 12 nitrogen and oxygen atoms in total. The Balaban J connectivity index is 0.833. The van der Waals surface area contributed by atoms with E-state index in [9.17, 15) is 18.8 Å². The second-order valence-corrected chi connectivity index (χ2v) is 16.3. The van der Waals surface area contributed by atoms with Gasteiger partial charge in [0.05, 0.1) is 17.6 Å². The summed E-state index contributed by atoms with van der Waals surface area (Å²) in [5.74, 6) is 5.81. The standard InChI is InChI=1S/C45H45ClFN9O3/c1-52-40-22-29(11-14-38(40)56(45(52)59)39-15-16-41(57)50-43(39)58)6-5-17-53-18-20-54(21-19-53)27-30-9-12-31(13-10-30)37-28-55(35-7-3-2-4-8-35)42-36(37)26-48-44(51-42)49-34-24-32(46)23-33(47)25-34/h9-14,22-26,28,35,39H,2-4,7-8,15-21,27H2,1H3,(H,48,49,51)(H,50,57,58). The van der Waals surface area contributed by atoms with Crippen LogP contribution in [0.4, 0.5) is 16.0 Å². The predicted molar refractivity (Wildman–Crippen MR) is 227 cm³/mol. The van der Waals surface area contributed by atoms with E-state index in [1.807, 2.05) is 24.4 Å². The van der Waals surface area contributed by atoms with Gasteiger partial charge in [0.15, 0.2) is 0 Å². The van der Waals surface area contributed by atoms with E-state index in [1.165, 1.54) is 46.1 Å². The number of amides is 2. The summed E-state index contributed by atoms with van der Waals surface area (Å²) in [7, 11) is 1.69. The van der Waals surface area contributed by atoms with Crippen LogP contribution in [0.15, 0.2) is 77.9 Å². The molecule has 3 aromatic carbocycles. The maximum atomic E-state index is 14.1. The number of aromatic nitrogens is 5. The van der Waals surface area contributed by atoms with Crippen molar-refractivity contribution in [2.75, 3.05) is 38.0 Å². The SMILES string of the molecule is Cn1c(=O)n(C2CCC(=O)NC2=O)c2ccc(C#CCN3CCN(Cc4ccc(-c5cn(C6CCCCC6)c6nc(Nc7cc(F)cc(Cl)c7)ncc56)cc4)CC3)cc21. The topological polar surface area (TPSA) is 122 Å². The van der Waals surface area contributed by atoms with Gasteiger partial charge in [0.1, 0.15) is 17.5 Å². The molecule has 6 aromatic rings. The van der Waals surface area contributed by atoms with Crippen LogP contribution in [-0.2, 0) is 23.2 Å². The smallest absolute Gasteiger partial charge is 0.329 e. The molecule has 5 heterocycles. The van der Waals surface area contributed by atoms with Crippen molar-refractivity contribution in [1.82, 2.24) is 38.8 Å². The summed E-state index contributed by atoms with van der Waals surface area (Å²) < 4.78 is 19.4. The molecule has 59 heavy (non-hydrogen) atoms. The number of imide groups is 1. The molecule has 1 atom stereocenters. The predicted octanol–water partition coefficient (Wildman–Crippen LogP) is 6.94. The Morgan fingerprint density at radius 1 is 0.915 bits per heavy atom. The molecule has 0 spiro atoms. The minimum absolute atomic E-state index is 0.203. The molecule has 1 aliphatic carbocycles. The van der Waals surface area contributed by atoms with E-state index < -0.39 is 17.8 Å². The number of piperidine rings is 1. The third-order valence-electron chi connectivity index (χ3n) is 11.9. The van der Waals surface area contributed by atoms with Crippen molar-refractivity contribution in [3.8, 4) is 23.0 Å². The average molecular weight is 814 g/mol. The van der Waals surface area contributed by atoms with Crippen molar-refractivity contribution in [2.45, 2.75) is 63.6 Å². The minimum atomic E-state index is -0.713. The first-order valence-corrected chi connectivity index (χ1v) is 20.7. The highest BCUT2D eigenvalue weighted by Crippen LogP contribution is 2.37. The lowest BCUT2D eigenvalue weighted by atomic mass is 9.95. The van der Waals surface area contributed by atoms with Gasteiger partial charge in [0, 0.05) is 91.9 Å². The Morgan fingerprint density at radius 3 is 2.46 bits per heavy atom. The van der Waals surface area contributed by atoms with Crippen LogP contribution in [0.3, 0.4) is 0 Å².